The van der Waals surface area contributed by atoms with Crippen LogP contribution in [0.3, 0.4) is 0 Å². The number of hydrogen-bond acceptors (Lipinski definition) is 1. The summed E-state index contributed by atoms with van der Waals surface area (Å²) in [6.07, 6.45) is 11.5. The van der Waals surface area contributed by atoms with Crippen LogP contribution >= 0.6 is 0 Å². The fraction of sp³-hybridized carbons (Fsp3) is 0.393. The van der Waals surface area contributed by atoms with Crippen LogP contribution in [0.2, 0.25) is 0 Å². The van der Waals surface area contributed by atoms with Crippen molar-refractivity contribution in [3.63, 3.8) is 0 Å². The maximum absolute atomic E-state index is 14.3. The Bertz CT molecular complexity index is 1240. The Morgan fingerprint density at radius 3 is 2.29 bits per heavy atom. The zero-order chi connectivity index (χ0) is 20.9. The van der Waals surface area contributed by atoms with Gasteiger partial charge in [-0.25, -0.2) is 9.37 Å². The number of nitrogens with zero attached hydrogens (tertiary/aromatic N) is 2. The second-order valence-corrected chi connectivity index (χ2v) is 9.72. The average Bonchev–Trinajstić information content (AvgIpc) is 3.55. The van der Waals surface area contributed by atoms with Crippen LogP contribution in [0.4, 0.5) is 4.39 Å². The van der Waals surface area contributed by atoms with Gasteiger partial charge in [0, 0.05) is 11.1 Å². The fourth-order valence-corrected chi connectivity index (χ4v) is 6.05. The molecule has 1 atom stereocenters. The van der Waals surface area contributed by atoms with Crippen LogP contribution in [0.15, 0.2) is 61.1 Å². The van der Waals surface area contributed by atoms with Gasteiger partial charge in [-0.2, -0.15) is 0 Å². The van der Waals surface area contributed by atoms with Crippen LogP contribution in [-0.2, 0) is 0 Å². The lowest BCUT2D eigenvalue weighted by atomic mass is 9.72. The standard InChI is InChI=1S/C28H29FN2/c1-18(28-24(21-10-11-21)13-12-22-16-30-17-31(22)28)19-6-8-20(9-7-19)23-14-15-27(29)26-5-3-2-4-25(23)26/h2-5,12-21H,6-11H2,1H3/t18-,19?,20?/m0/s1. The number of pyridine rings is 1. The lowest BCUT2D eigenvalue weighted by Gasteiger charge is -2.34. The SMILES string of the molecule is C[C@H](c1c(C2CC2)ccc2cncn12)C1CCC(c2ccc(F)c3ccccc23)CC1. The molecule has 158 valence electrons. The lowest BCUT2D eigenvalue weighted by molar-refractivity contribution is 0.287. The van der Waals surface area contributed by atoms with Gasteiger partial charge < -0.3 is 4.40 Å². The van der Waals surface area contributed by atoms with E-state index >= 15 is 0 Å². The summed E-state index contributed by atoms with van der Waals surface area (Å²) in [6, 6.07) is 16.2. The first-order chi connectivity index (χ1) is 15.2. The van der Waals surface area contributed by atoms with Gasteiger partial charge in [0.2, 0.25) is 0 Å². The minimum Gasteiger partial charge on any atom is -0.303 e. The van der Waals surface area contributed by atoms with Crippen molar-refractivity contribution in [2.75, 3.05) is 0 Å². The third-order valence-electron chi connectivity index (χ3n) is 7.93. The molecule has 0 amide bonds. The molecule has 0 N–H and O–H groups in total. The minimum absolute atomic E-state index is 0.109. The van der Waals surface area contributed by atoms with Gasteiger partial charge in [-0.3, -0.25) is 0 Å². The molecular weight excluding hydrogens is 383 g/mol. The van der Waals surface area contributed by atoms with Crippen LogP contribution < -0.4 is 0 Å². The fourth-order valence-electron chi connectivity index (χ4n) is 6.05. The van der Waals surface area contributed by atoms with Gasteiger partial charge in [0.15, 0.2) is 0 Å². The smallest absolute Gasteiger partial charge is 0.131 e. The van der Waals surface area contributed by atoms with Crippen molar-refractivity contribution in [2.24, 2.45) is 5.92 Å². The van der Waals surface area contributed by atoms with Gasteiger partial charge in [0.1, 0.15) is 5.82 Å². The summed E-state index contributed by atoms with van der Waals surface area (Å²) >= 11 is 0. The molecule has 2 aromatic carbocycles. The van der Waals surface area contributed by atoms with E-state index < -0.39 is 0 Å². The van der Waals surface area contributed by atoms with Crippen LogP contribution in [0.25, 0.3) is 16.3 Å². The van der Waals surface area contributed by atoms with E-state index in [4.69, 9.17) is 0 Å². The Morgan fingerprint density at radius 2 is 1.52 bits per heavy atom. The van der Waals surface area contributed by atoms with Gasteiger partial charge >= 0.3 is 0 Å². The largest absolute Gasteiger partial charge is 0.303 e. The molecule has 0 unspecified atom stereocenters. The second-order valence-electron chi connectivity index (χ2n) is 9.72. The molecule has 2 aliphatic carbocycles. The Labute approximate surface area is 183 Å². The molecule has 0 aliphatic heterocycles. The van der Waals surface area contributed by atoms with Crippen molar-refractivity contribution in [1.29, 1.82) is 0 Å². The van der Waals surface area contributed by atoms with E-state index in [1.54, 1.807) is 11.6 Å². The number of aromatic nitrogens is 2. The van der Waals surface area contributed by atoms with Crippen LogP contribution in [-0.4, -0.2) is 9.38 Å². The first-order valence-electron chi connectivity index (χ1n) is 11.8. The van der Waals surface area contributed by atoms with E-state index in [2.05, 4.69) is 34.5 Å². The van der Waals surface area contributed by atoms with Gasteiger partial charge in [-0.15, -0.1) is 0 Å². The zero-order valence-electron chi connectivity index (χ0n) is 18.1. The molecule has 4 aromatic rings. The van der Waals surface area contributed by atoms with Crippen molar-refractivity contribution in [3.05, 3.63) is 83.7 Å². The summed E-state index contributed by atoms with van der Waals surface area (Å²) < 4.78 is 16.6. The lowest BCUT2D eigenvalue weighted by Crippen LogP contribution is -2.21. The highest BCUT2D eigenvalue weighted by molar-refractivity contribution is 5.86. The summed E-state index contributed by atoms with van der Waals surface area (Å²) in [5.74, 6) is 2.38. The molecular formula is C28H29FN2. The normalized spacial score (nSPS) is 22.8. The summed E-state index contributed by atoms with van der Waals surface area (Å²) in [4.78, 5) is 4.43. The highest BCUT2D eigenvalue weighted by Crippen LogP contribution is 2.48. The van der Waals surface area contributed by atoms with E-state index in [1.807, 2.05) is 36.8 Å². The van der Waals surface area contributed by atoms with Crippen molar-refractivity contribution in [3.8, 4) is 0 Å². The minimum atomic E-state index is -0.109. The molecule has 0 bridgehead atoms. The van der Waals surface area contributed by atoms with Gasteiger partial charge in [-0.1, -0.05) is 43.3 Å². The quantitative estimate of drug-likeness (QED) is 0.338. The Kier molecular flexibility index (Phi) is 4.59. The number of rotatable bonds is 4. The summed E-state index contributed by atoms with van der Waals surface area (Å²) in [7, 11) is 0. The maximum atomic E-state index is 14.3. The van der Waals surface area contributed by atoms with E-state index in [-0.39, 0.29) is 5.82 Å². The Balaban J connectivity index is 1.27. The Morgan fingerprint density at radius 1 is 0.839 bits per heavy atom. The van der Waals surface area contributed by atoms with Gasteiger partial charge in [0.25, 0.3) is 0 Å². The summed E-state index contributed by atoms with van der Waals surface area (Å²) in [5, 5.41) is 1.86. The highest BCUT2D eigenvalue weighted by Gasteiger charge is 2.33. The molecule has 6 rings (SSSR count). The molecule has 31 heavy (non-hydrogen) atoms. The number of fused-ring (bicyclic) bond motifs is 2. The monoisotopic (exact) mass is 412 g/mol. The molecule has 2 aliphatic rings. The first-order valence-corrected chi connectivity index (χ1v) is 11.8. The van der Waals surface area contributed by atoms with Crippen molar-refractivity contribution < 1.29 is 4.39 Å². The van der Waals surface area contributed by atoms with Gasteiger partial charge in [0.05, 0.1) is 18.0 Å². The van der Waals surface area contributed by atoms with Crippen molar-refractivity contribution in [1.82, 2.24) is 9.38 Å². The zero-order valence-corrected chi connectivity index (χ0v) is 18.1. The number of benzene rings is 2. The molecule has 2 heterocycles. The highest BCUT2D eigenvalue weighted by atomic mass is 19.1. The van der Waals surface area contributed by atoms with Crippen molar-refractivity contribution >= 4 is 16.3 Å². The predicted octanol–water partition coefficient (Wildman–Crippen LogP) is 7.58. The molecule has 2 aromatic heterocycles. The molecule has 2 nitrogen and oxygen atoms in total. The van der Waals surface area contributed by atoms with E-state index in [0.717, 1.165) is 16.7 Å². The van der Waals surface area contributed by atoms with E-state index in [9.17, 15) is 4.39 Å². The third kappa shape index (κ3) is 3.26. The molecule has 2 fully saturated rings. The molecule has 3 heteroatoms. The molecule has 2 saturated carbocycles. The first kappa shape index (κ1) is 19.0. The van der Waals surface area contributed by atoms with Crippen molar-refractivity contribution in [2.45, 2.75) is 63.2 Å². The predicted molar refractivity (Wildman–Crippen MR) is 124 cm³/mol. The molecule has 0 spiro atoms. The second kappa shape index (κ2) is 7.47. The summed E-state index contributed by atoms with van der Waals surface area (Å²) in [6.45, 7) is 2.43. The van der Waals surface area contributed by atoms with Crippen LogP contribution in [0, 0.1) is 11.7 Å². The molecule has 0 saturated heterocycles. The maximum Gasteiger partial charge on any atom is 0.131 e. The Hall–Kier alpha value is -2.68. The number of hydrogen-bond donors (Lipinski definition) is 0. The number of halogens is 1. The van der Waals surface area contributed by atoms with Crippen LogP contribution in [0.5, 0.6) is 0 Å². The van der Waals surface area contributed by atoms with E-state index in [1.165, 1.54) is 55.3 Å². The van der Waals surface area contributed by atoms with Crippen LogP contribution in [0.1, 0.15) is 80.0 Å². The van der Waals surface area contributed by atoms with E-state index in [0.29, 0.717) is 17.8 Å². The molecule has 0 radical (unpaired) electrons. The topological polar surface area (TPSA) is 17.3 Å². The number of imidazole rings is 1. The summed E-state index contributed by atoms with van der Waals surface area (Å²) in [5.41, 5.74) is 5.58. The average molecular weight is 413 g/mol. The third-order valence-corrected chi connectivity index (χ3v) is 7.93. The van der Waals surface area contributed by atoms with Gasteiger partial charge in [-0.05, 0) is 90.8 Å².